The zero-order chi connectivity index (χ0) is 13.0. The van der Waals surface area contributed by atoms with Gasteiger partial charge in [-0.2, -0.15) is 0 Å². The van der Waals surface area contributed by atoms with Gasteiger partial charge < -0.3 is 4.74 Å². The van der Waals surface area contributed by atoms with Gasteiger partial charge in [0.05, 0.1) is 6.61 Å². The lowest BCUT2D eigenvalue weighted by Gasteiger charge is -2.09. The molecule has 0 bridgehead atoms. The van der Waals surface area contributed by atoms with Gasteiger partial charge in [-0.15, -0.1) is 0 Å². The Bertz CT molecular complexity index is 559. The molecule has 0 unspecified atom stereocenters. The zero-order valence-electron chi connectivity index (χ0n) is 10.6. The fourth-order valence-electron chi connectivity index (χ4n) is 1.94. The van der Waals surface area contributed by atoms with Crippen LogP contribution in [0.4, 0.5) is 0 Å². The monoisotopic (exact) mass is 240 g/mol. The van der Waals surface area contributed by atoms with Gasteiger partial charge in [-0.1, -0.05) is 35.9 Å². The van der Waals surface area contributed by atoms with E-state index in [2.05, 4.69) is 0 Å². The van der Waals surface area contributed by atoms with E-state index >= 15 is 0 Å². The van der Waals surface area contributed by atoms with Gasteiger partial charge in [0.15, 0.2) is 6.29 Å². The van der Waals surface area contributed by atoms with Crippen molar-refractivity contribution in [2.24, 2.45) is 0 Å². The van der Waals surface area contributed by atoms with E-state index in [-0.39, 0.29) is 0 Å². The van der Waals surface area contributed by atoms with E-state index in [4.69, 9.17) is 4.74 Å². The maximum Gasteiger partial charge on any atom is 0.150 e. The van der Waals surface area contributed by atoms with Gasteiger partial charge in [0, 0.05) is 5.56 Å². The molecule has 0 saturated heterocycles. The number of ether oxygens (including phenoxy) is 1. The molecular weight excluding hydrogens is 224 g/mol. The molecule has 0 fully saturated rings. The van der Waals surface area contributed by atoms with Crippen LogP contribution in [0.2, 0.25) is 0 Å². The lowest BCUT2D eigenvalue weighted by atomic mass is 9.98. The summed E-state index contributed by atoms with van der Waals surface area (Å²) in [7, 11) is 0. The third kappa shape index (κ3) is 2.59. The first-order chi connectivity index (χ1) is 8.74. The summed E-state index contributed by atoms with van der Waals surface area (Å²) in [5, 5.41) is 0. The third-order valence-corrected chi connectivity index (χ3v) is 2.79. The predicted molar refractivity (Wildman–Crippen MR) is 73.2 cm³/mol. The average molecular weight is 240 g/mol. The summed E-state index contributed by atoms with van der Waals surface area (Å²) in [5.41, 5.74) is 3.80. The highest BCUT2D eigenvalue weighted by Crippen LogP contribution is 2.27. The second kappa shape index (κ2) is 5.50. The highest BCUT2D eigenvalue weighted by Gasteiger charge is 2.06. The van der Waals surface area contributed by atoms with Gasteiger partial charge >= 0.3 is 0 Å². The van der Waals surface area contributed by atoms with Crippen LogP contribution in [0.15, 0.2) is 42.5 Å². The predicted octanol–water partition coefficient (Wildman–Crippen LogP) is 3.87. The molecule has 2 aromatic rings. The van der Waals surface area contributed by atoms with E-state index in [0.717, 1.165) is 28.7 Å². The summed E-state index contributed by atoms with van der Waals surface area (Å²) >= 11 is 0. The van der Waals surface area contributed by atoms with Crippen LogP contribution in [0.5, 0.6) is 5.75 Å². The molecule has 0 spiro atoms. The van der Waals surface area contributed by atoms with Crippen LogP contribution in [0.25, 0.3) is 11.1 Å². The number of rotatable bonds is 4. The van der Waals surface area contributed by atoms with Gasteiger partial charge in [-0.3, -0.25) is 4.79 Å². The normalized spacial score (nSPS) is 10.1. The molecule has 0 aliphatic carbocycles. The van der Waals surface area contributed by atoms with Gasteiger partial charge in [-0.05, 0) is 37.1 Å². The van der Waals surface area contributed by atoms with Crippen molar-refractivity contribution in [3.63, 3.8) is 0 Å². The fraction of sp³-hybridized carbons (Fsp3) is 0.188. The summed E-state index contributed by atoms with van der Waals surface area (Å²) in [6.07, 6.45) is 0.891. The van der Waals surface area contributed by atoms with Crippen LogP contribution in [0, 0.1) is 6.92 Å². The van der Waals surface area contributed by atoms with E-state index in [1.165, 1.54) is 0 Å². The minimum absolute atomic E-state index is 0.637. The largest absolute Gasteiger partial charge is 0.494 e. The molecule has 0 aliphatic heterocycles. The average Bonchev–Trinajstić information content (AvgIpc) is 2.39. The van der Waals surface area contributed by atoms with E-state index in [1.54, 1.807) is 0 Å². The number of carbonyl (C=O) groups is 1. The van der Waals surface area contributed by atoms with Crippen LogP contribution in [-0.2, 0) is 0 Å². The number of benzene rings is 2. The fourth-order valence-corrected chi connectivity index (χ4v) is 1.94. The maximum absolute atomic E-state index is 11.1. The molecule has 0 N–H and O–H groups in total. The first-order valence-electron chi connectivity index (χ1n) is 6.03. The molecule has 2 rings (SSSR count). The van der Waals surface area contributed by atoms with E-state index < -0.39 is 0 Å². The first kappa shape index (κ1) is 12.4. The molecule has 92 valence electrons. The molecule has 2 nitrogen and oxygen atoms in total. The summed E-state index contributed by atoms with van der Waals surface area (Å²) in [6.45, 7) is 4.61. The first-order valence-corrected chi connectivity index (χ1v) is 6.03. The Balaban J connectivity index is 2.50. The number of carbonyl (C=O) groups excluding carboxylic acids is 1. The maximum atomic E-state index is 11.1. The smallest absolute Gasteiger partial charge is 0.150 e. The highest BCUT2D eigenvalue weighted by molar-refractivity contribution is 5.88. The molecule has 0 aliphatic rings. The topological polar surface area (TPSA) is 26.3 Å². The molecule has 0 aromatic heterocycles. The van der Waals surface area contributed by atoms with Crippen LogP contribution >= 0.6 is 0 Å². The van der Waals surface area contributed by atoms with Crippen molar-refractivity contribution in [1.29, 1.82) is 0 Å². The second-order valence-electron chi connectivity index (χ2n) is 4.17. The molecule has 2 heteroatoms. The van der Waals surface area contributed by atoms with Crippen molar-refractivity contribution in [3.8, 4) is 16.9 Å². The lowest BCUT2D eigenvalue weighted by molar-refractivity contribution is 0.112. The van der Waals surface area contributed by atoms with Crippen LogP contribution < -0.4 is 4.74 Å². The van der Waals surface area contributed by atoms with Crippen molar-refractivity contribution < 1.29 is 9.53 Å². The molecule has 18 heavy (non-hydrogen) atoms. The minimum atomic E-state index is 0.637. The number of aldehydes is 1. The van der Waals surface area contributed by atoms with E-state index in [0.29, 0.717) is 12.2 Å². The van der Waals surface area contributed by atoms with Crippen molar-refractivity contribution >= 4 is 6.29 Å². The van der Waals surface area contributed by atoms with Gasteiger partial charge in [0.1, 0.15) is 5.75 Å². The zero-order valence-corrected chi connectivity index (χ0v) is 10.6. The highest BCUT2D eigenvalue weighted by atomic mass is 16.5. The molecule has 0 saturated carbocycles. The SMILES string of the molecule is CCOc1cccc(-c2cc(C)ccc2C=O)c1. The van der Waals surface area contributed by atoms with Gasteiger partial charge in [-0.25, -0.2) is 0 Å². The third-order valence-electron chi connectivity index (χ3n) is 2.79. The molecular formula is C16H16O2. The molecule has 0 heterocycles. The van der Waals surface area contributed by atoms with E-state index in [1.807, 2.05) is 56.3 Å². The van der Waals surface area contributed by atoms with Crippen molar-refractivity contribution in [1.82, 2.24) is 0 Å². The molecule has 0 amide bonds. The van der Waals surface area contributed by atoms with Crippen LogP contribution in [0.3, 0.4) is 0 Å². The quantitative estimate of drug-likeness (QED) is 0.758. The van der Waals surface area contributed by atoms with Crippen molar-refractivity contribution in [3.05, 3.63) is 53.6 Å². The molecule has 0 radical (unpaired) electrons. The number of aryl methyl sites for hydroxylation is 1. The Hall–Kier alpha value is -2.09. The van der Waals surface area contributed by atoms with Crippen molar-refractivity contribution in [2.45, 2.75) is 13.8 Å². The van der Waals surface area contributed by atoms with Crippen LogP contribution in [0.1, 0.15) is 22.8 Å². The van der Waals surface area contributed by atoms with Crippen molar-refractivity contribution in [2.75, 3.05) is 6.61 Å². The summed E-state index contributed by atoms with van der Waals surface area (Å²) < 4.78 is 5.48. The number of hydrogen-bond acceptors (Lipinski definition) is 2. The Morgan fingerprint density at radius 1 is 1.17 bits per heavy atom. The van der Waals surface area contributed by atoms with Crippen LogP contribution in [-0.4, -0.2) is 12.9 Å². The second-order valence-corrected chi connectivity index (χ2v) is 4.17. The standard InChI is InChI=1S/C16H16O2/c1-3-18-15-6-4-5-13(10-15)16-9-12(2)7-8-14(16)11-17/h4-11H,3H2,1-2H3. The van der Waals surface area contributed by atoms with Gasteiger partial charge in [0.2, 0.25) is 0 Å². The Labute approximate surface area is 107 Å². The van der Waals surface area contributed by atoms with Gasteiger partial charge in [0.25, 0.3) is 0 Å². The summed E-state index contributed by atoms with van der Waals surface area (Å²) in [4.78, 5) is 11.1. The van der Waals surface area contributed by atoms with E-state index in [9.17, 15) is 4.79 Å². The molecule has 2 aromatic carbocycles. The number of hydrogen-bond donors (Lipinski definition) is 0. The summed E-state index contributed by atoms with van der Waals surface area (Å²) in [6, 6.07) is 13.6. The summed E-state index contributed by atoms with van der Waals surface area (Å²) in [5.74, 6) is 0.827. The Morgan fingerprint density at radius 2 is 2.00 bits per heavy atom. The lowest BCUT2D eigenvalue weighted by Crippen LogP contribution is -1.93. The Morgan fingerprint density at radius 3 is 2.72 bits per heavy atom. The minimum Gasteiger partial charge on any atom is -0.494 e. The Kier molecular flexibility index (Phi) is 3.78. The molecule has 0 atom stereocenters.